The highest BCUT2D eigenvalue weighted by Gasteiger charge is 2.07. The van der Waals surface area contributed by atoms with Crippen molar-refractivity contribution in [2.75, 3.05) is 17.2 Å². The molecule has 0 bridgehead atoms. The van der Waals surface area contributed by atoms with E-state index in [1.165, 1.54) is 19.3 Å². The van der Waals surface area contributed by atoms with E-state index < -0.39 is 0 Å². The summed E-state index contributed by atoms with van der Waals surface area (Å²) >= 11 is 0. The van der Waals surface area contributed by atoms with Crippen molar-refractivity contribution >= 4 is 29.1 Å². The summed E-state index contributed by atoms with van der Waals surface area (Å²) in [5, 5.41) is 8.59. The van der Waals surface area contributed by atoms with Crippen LogP contribution in [0.15, 0.2) is 36.7 Å². The number of benzene rings is 1. The number of nitrogens with one attached hydrogen (secondary N) is 3. The van der Waals surface area contributed by atoms with Gasteiger partial charge in [0.05, 0.1) is 5.56 Å². The minimum Gasteiger partial charge on any atom is -0.352 e. The molecule has 132 valence electrons. The van der Waals surface area contributed by atoms with Crippen LogP contribution in [0.5, 0.6) is 0 Å². The Kier molecular flexibility index (Phi) is 6.45. The van der Waals surface area contributed by atoms with Crippen molar-refractivity contribution in [3.63, 3.8) is 0 Å². The molecule has 0 fully saturated rings. The predicted molar refractivity (Wildman–Crippen MR) is 97.8 cm³/mol. The zero-order chi connectivity index (χ0) is 18.2. The van der Waals surface area contributed by atoms with Gasteiger partial charge in [-0.3, -0.25) is 9.59 Å². The molecule has 0 aliphatic heterocycles. The van der Waals surface area contributed by atoms with E-state index in [0.717, 1.165) is 12.1 Å². The zero-order valence-corrected chi connectivity index (χ0v) is 14.7. The van der Waals surface area contributed by atoms with Crippen molar-refractivity contribution in [3.05, 3.63) is 42.2 Å². The largest absolute Gasteiger partial charge is 0.352 e. The molecule has 7 heteroatoms. The van der Waals surface area contributed by atoms with Crippen molar-refractivity contribution in [1.82, 2.24) is 15.3 Å². The Hall–Kier alpha value is -2.96. The summed E-state index contributed by atoms with van der Waals surface area (Å²) in [7, 11) is 0. The molecule has 2 aromatic rings. The highest BCUT2D eigenvalue weighted by atomic mass is 16.2. The van der Waals surface area contributed by atoms with Gasteiger partial charge in [0.1, 0.15) is 0 Å². The van der Waals surface area contributed by atoms with Gasteiger partial charge in [0.25, 0.3) is 5.91 Å². The standard InChI is InChI=1S/C18H23N5O2/c1-12(2)8-9-19-17(25)14-10-20-18(21-11-14)23-16-6-4-15(5-7-16)22-13(3)24/h4-7,10-12H,8-9H2,1-3H3,(H,19,25)(H,22,24)(H,20,21,23). The molecular weight excluding hydrogens is 318 g/mol. The lowest BCUT2D eigenvalue weighted by molar-refractivity contribution is -0.114. The summed E-state index contributed by atoms with van der Waals surface area (Å²) < 4.78 is 0. The Morgan fingerprint density at radius 2 is 1.64 bits per heavy atom. The molecule has 25 heavy (non-hydrogen) atoms. The van der Waals surface area contributed by atoms with E-state index in [-0.39, 0.29) is 11.8 Å². The topological polar surface area (TPSA) is 96.0 Å². The molecule has 0 spiro atoms. The first kappa shape index (κ1) is 18.4. The van der Waals surface area contributed by atoms with Gasteiger partial charge in [0.2, 0.25) is 11.9 Å². The maximum Gasteiger partial charge on any atom is 0.254 e. The summed E-state index contributed by atoms with van der Waals surface area (Å²) in [5.74, 6) is 0.643. The molecule has 0 saturated heterocycles. The summed E-state index contributed by atoms with van der Waals surface area (Å²) in [5.41, 5.74) is 1.92. The number of hydrogen-bond acceptors (Lipinski definition) is 5. The van der Waals surface area contributed by atoms with E-state index in [2.05, 4.69) is 39.8 Å². The predicted octanol–water partition coefficient (Wildman–Crippen LogP) is 2.95. The smallest absolute Gasteiger partial charge is 0.254 e. The van der Waals surface area contributed by atoms with Crippen LogP contribution in [0.4, 0.5) is 17.3 Å². The van der Waals surface area contributed by atoms with Crippen molar-refractivity contribution in [3.8, 4) is 0 Å². The first-order valence-corrected chi connectivity index (χ1v) is 8.19. The van der Waals surface area contributed by atoms with E-state index >= 15 is 0 Å². The van der Waals surface area contributed by atoms with E-state index in [0.29, 0.717) is 29.7 Å². The van der Waals surface area contributed by atoms with Gasteiger partial charge in [-0.1, -0.05) is 13.8 Å². The number of amides is 2. The number of aromatic nitrogens is 2. The van der Waals surface area contributed by atoms with Crippen LogP contribution in [0, 0.1) is 5.92 Å². The first-order chi connectivity index (χ1) is 11.9. The quantitative estimate of drug-likeness (QED) is 0.719. The summed E-state index contributed by atoms with van der Waals surface area (Å²) in [6, 6.07) is 7.17. The van der Waals surface area contributed by atoms with Gasteiger partial charge in [-0.2, -0.15) is 0 Å². The third-order valence-electron chi connectivity index (χ3n) is 3.38. The van der Waals surface area contributed by atoms with Crippen LogP contribution in [0.1, 0.15) is 37.6 Å². The lowest BCUT2D eigenvalue weighted by Crippen LogP contribution is -2.25. The number of nitrogens with zero attached hydrogens (tertiary/aromatic N) is 2. The minimum absolute atomic E-state index is 0.119. The fourth-order valence-electron chi connectivity index (χ4n) is 2.06. The van der Waals surface area contributed by atoms with Gasteiger partial charge < -0.3 is 16.0 Å². The molecule has 2 amide bonds. The molecule has 3 N–H and O–H groups in total. The van der Waals surface area contributed by atoms with Gasteiger partial charge in [-0.05, 0) is 36.6 Å². The summed E-state index contributed by atoms with van der Waals surface area (Å²) in [6.07, 6.45) is 3.91. The second-order valence-corrected chi connectivity index (χ2v) is 6.12. The van der Waals surface area contributed by atoms with Gasteiger partial charge in [-0.15, -0.1) is 0 Å². The number of carbonyl (C=O) groups is 2. The number of hydrogen-bond donors (Lipinski definition) is 3. The molecule has 0 aliphatic rings. The molecule has 0 radical (unpaired) electrons. The maximum absolute atomic E-state index is 12.0. The van der Waals surface area contributed by atoms with Gasteiger partial charge >= 0.3 is 0 Å². The molecular formula is C18H23N5O2. The summed E-state index contributed by atoms with van der Waals surface area (Å²) in [6.45, 7) is 6.31. The molecule has 0 saturated carbocycles. The highest BCUT2D eigenvalue weighted by Crippen LogP contribution is 2.16. The van der Waals surface area contributed by atoms with Crippen LogP contribution in [-0.2, 0) is 4.79 Å². The van der Waals surface area contributed by atoms with E-state index in [9.17, 15) is 9.59 Å². The van der Waals surface area contributed by atoms with Crippen molar-refractivity contribution in [1.29, 1.82) is 0 Å². The maximum atomic E-state index is 12.0. The van der Waals surface area contributed by atoms with E-state index in [1.807, 2.05) is 0 Å². The van der Waals surface area contributed by atoms with E-state index in [4.69, 9.17) is 0 Å². The molecule has 1 aromatic heterocycles. The van der Waals surface area contributed by atoms with Crippen molar-refractivity contribution in [2.45, 2.75) is 27.2 Å². The van der Waals surface area contributed by atoms with Crippen LogP contribution in [-0.4, -0.2) is 28.3 Å². The fraction of sp³-hybridized carbons (Fsp3) is 0.333. The van der Waals surface area contributed by atoms with Crippen LogP contribution in [0.25, 0.3) is 0 Å². The van der Waals surface area contributed by atoms with Crippen molar-refractivity contribution in [2.24, 2.45) is 5.92 Å². The lowest BCUT2D eigenvalue weighted by atomic mass is 10.1. The average Bonchev–Trinajstić information content (AvgIpc) is 2.56. The second-order valence-electron chi connectivity index (χ2n) is 6.12. The Morgan fingerprint density at radius 3 is 2.20 bits per heavy atom. The first-order valence-electron chi connectivity index (χ1n) is 8.19. The molecule has 0 atom stereocenters. The monoisotopic (exact) mass is 341 g/mol. The van der Waals surface area contributed by atoms with Crippen LogP contribution in [0.2, 0.25) is 0 Å². The molecule has 2 rings (SSSR count). The SMILES string of the molecule is CC(=O)Nc1ccc(Nc2ncc(C(=O)NCCC(C)C)cn2)cc1. The van der Waals surface area contributed by atoms with Crippen LogP contribution >= 0.6 is 0 Å². The number of carbonyl (C=O) groups excluding carboxylic acids is 2. The highest BCUT2D eigenvalue weighted by molar-refractivity contribution is 5.93. The Morgan fingerprint density at radius 1 is 1.04 bits per heavy atom. The summed E-state index contributed by atoms with van der Waals surface area (Å²) in [4.78, 5) is 31.3. The molecule has 1 heterocycles. The third kappa shape index (κ3) is 6.21. The van der Waals surface area contributed by atoms with Gasteiger partial charge in [0, 0.05) is 37.2 Å². The van der Waals surface area contributed by atoms with E-state index in [1.54, 1.807) is 24.3 Å². The molecule has 7 nitrogen and oxygen atoms in total. The zero-order valence-electron chi connectivity index (χ0n) is 14.7. The van der Waals surface area contributed by atoms with Gasteiger partial charge in [0.15, 0.2) is 0 Å². The fourth-order valence-corrected chi connectivity index (χ4v) is 2.06. The molecule has 0 aliphatic carbocycles. The number of rotatable bonds is 7. The molecule has 1 aromatic carbocycles. The Bertz CT molecular complexity index is 711. The Labute approximate surface area is 147 Å². The number of anilines is 3. The second kappa shape index (κ2) is 8.77. The lowest BCUT2D eigenvalue weighted by Gasteiger charge is -2.08. The van der Waals surface area contributed by atoms with Gasteiger partial charge in [-0.25, -0.2) is 9.97 Å². The Balaban J connectivity index is 1.91. The third-order valence-corrected chi connectivity index (χ3v) is 3.38. The normalized spacial score (nSPS) is 10.4. The van der Waals surface area contributed by atoms with Crippen LogP contribution < -0.4 is 16.0 Å². The average molecular weight is 341 g/mol. The minimum atomic E-state index is -0.174. The van der Waals surface area contributed by atoms with Crippen molar-refractivity contribution < 1.29 is 9.59 Å². The van der Waals surface area contributed by atoms with Crippen LogP contribution in [0.3, 0.4) is 0 Å². The molecule has 0 unspecified atom stereocenters.